The Morgan fingerprint density at radius 3 is 2.80 bits per heavy atom. The molecule has 4 nitrogen and oxygen atoms in total. The van der Waals surface area contributed by atoms with Gasteiger partial charge in [-0.15, -0.1) is 24.2 Å². The first-order chi connectivity index (χ1) is 9.15. The highest BCUT2D eigenvalue weighted by molar-refractivity contribution is 8.00. The van der Waals surface area contributed by atoms with Crippen LogP contribution in [0.5, 0.6) is 5.75 Å². The minimum Gasteiger partial charge on any atom is -0.508 e. The number of phenolic OH excluding ortho intramolecular Hbond substituents is 1. The van der Waals surface area contributed by atoms with Crippen LogP contribution in [-0.4, -0.2) is 35.9 Å². The minimum absolute atomic E-state index is 0. The zero-order valence-electron chi connectivity index (χ0n) is 11.5. The molecule has 1 aromatic carbocycles. The second-order valence-electron chi connectivity index (χ2n) is 4.93. The average Bonchev–Trinajstić information content (AvgIpc) is 2.41. The molecule has 2 unspecified atom stereocenters. The first-order valence-electron chi connectivity index (χ1n) is 6.57. The standard InChI is InChI=1S/C14H20N2O2S.ClH/c1-10-6-7-15-8-13(10)16-14(18)9-19-12-4-2-11(17)3-5-12;/h2-5,10,13,15,17H,6-9H2,1H3,(H,16,18);1H. The van der Waals surface area contributed by atoms with E-state index in [0.717, 1.165) is 24.4 Å². The fourth-order valence-corrected chi connectivity index (χ4v) is 2.83. The zero-order valence-corrected chi connectivity index (χ0v) is 13.1. The number of rotatable bonds is 4. The van der Waals surface area contributed by atoms with Crippen LogP contribution in [0.2, 0.25) is 0 Å². The van der Waals surface area contributed by atoms with Gasteiger partial charge in [-0.2, -0.15) is 0 Å². The van der Waals surface area contributed by atoms with E-state index in [1.165, 1.54) is 11.8 Å². The molecule has 1 heterocycles. The van der Waals surface area contributed by atoms with Gasteiger partial charge >= 0.3 is 0 Å². The number of carbonyl (C=O) groups excluding carboxylic acids is 1. The number of phenols is 1. The van der Waals surface area contributed by atoms with Crippen LogP contribution in [0.1, 0.15) is 13.3 Å². The summed E-state index contributed by atoms with van der Waals surface area (Å²) in [5, 5.41) is 15.6. The van der Waals surface area contributed by atoms with E-state index in [1.54, 1.807) is 12.1 Å². The van der Waals surface area contributed by atoms with Gasteiger partial charge in [0, 0.05) is 17.5 Å². The van der Waals surface area contributed by atoms with Gasteiger partial charge in [0.2, 0.25) is 5.91 Å². The van der Waals surface area contributed by atoms with E-state index < -0.39 is 0 Å². The lowest BCUT2D eigenvalue weighted by atomic mass is 9.95. The third kappa shape index (κ3) is 5.23. The highest BCUT2D eigenvalue weighted by atomic mass is 35.5. The van der Waals surface area contributed by atoms with E-state index in [4.69, 9.17) is 0 Å². The van der Waals surface area contributed by atoms with E-state index in [0.29, 0.717) is 11.7 Å². The predicted molar refractivity (Wildman–Crippen MR) is 84.7 cm³/mol. The maximum atomic E-state index is 11.9. The summed E-state index contributed by atoms with van der Waals surface area (Å²) in [5.41, 5.74) is 0. The topological polar surface area (TPSA) is 61.4 Å². The van der Waals surface area contributed by atoms with Crippen molar-refractivity contribution in [2.24, 2.45) is 5.92 Å². The molecule has 6 heteroatoms. The van der Waals surface area contributed by atoms with Gasteiger partial charge in [0.05, 0.1) is 5.75 Å². The third-order valence-corrected chi connectivity index (χ3v) is 4.39. The Morgan fingerprint density at radius 2 is 2.15 bits per heavy atom. The molecule has 0 saturated carbocycles. The highest BCUT2D eigenvalue weighted by Crippen LogP contribution is 2.20. The normalized spacial score (nSPS) is 21.9. The van der Waals surface area contributed by atoms with Gasteiger partial charge in [-0.3, -0.25) is 4.79 Å². The Morgan fingerprint density at radius 1 is 1.45 bits per heavy atom. The molecule has 0 aromatic heterocycles. The molecule has 1 aliphatic rings. The van der Waals surface area contributed by atoms with E-state index in [-0.39, 0.29) is 30.1 Å². The molecule has 1 fully saturated rings. The molecule has 0 radical (unpaired) electrons. The van der Waals surface area contributed by atoms with Crippen molar-refractivity contribution in [2.75, 3.05) is 18.8 Å². The smallest absolute Gasteiger partial charge is 0.230 e. The lowest BCUT2D eigenvalue weighted by Crippen LogP contribution is -2.50. The molecule has 0 spiro atoms. The van der Waals surface area contributed by atoms with Crippen LogP contribution < -0.4 is 10.6 Å². The van der Waals surface area contributed by atoms with Gasteiger partial charge in [-0.25, -0.2) is 0 Å². The molecule has 2 rings (SSSR count). The molecule has 3 N–H and O–H groups in total. The summed E-state index contributed by atoms with van der Waals surface area (Å²) in [6.45, 7) is 4.07. The number of hydrogen-bond acceptors (Lipinski definition) is 4. The van der Waals surface area contributed by atoms with Crippen molar-refractivity contribution in [1.29, 1.82) is 0 Å². The summed E-state index contributed by atoms with van der Waals surface area (Å²) >= 11 is 1.48. The van der Waals surface area contributed by atoms with Gasteiger partial charge in [-0.1, -0.05) is 6.92 Å². The zero-order chi connectivity index (χ0) is 13.7. The number of piperidine rings is 1. The number of hydrogen-bond donors (Lipinski definition) is 3. The Balaban J connectivity index is 0.00000200. The van der Waals surface area contributed by atoms with Crippen molar-refractivity contribution in [3.63, 3.8) is 0 Å². The monoisotopic (exact) mass is 316 g/mol. The van der Waals surface area contributed by atoms with Gasteiger partial charge in [-0.05, 0) is 43.1 Å². The molecule has 0 bridgehead atoms. The molecule has 1 amide bonds. The summed E-state index contributed by atoms with van der Waals surface area (Å²) in [7, 11) is 0. The molecular weight excluding hydrogens is 296 g/mol. The van der Waals surface area contributed by atoms with Crippen LogP contribution in [0.4, 0.5) is 0 Å². The van der Waals surface area contributed by atoms with Crippen molar-refractivity contribution in [3.8, 4) is 5.75 Å². The fourth-order valence-electron chi connectivity index (χ4n) is 2.12. The molecule has 1 aliphatic heterocycles. The number of thioether (sulfide) groups is 1. The number of carbonyl (C=O) groups is 1. The highest BCUT2D eigenvalue weighted by Gasteiger charge is 2.22. The molecular formula is C14H21ClN2O2S. The van der Waals surface area contributed by atoms with Crippen molar-refractivity contribution < 1.29 is 9.90 Å². The quantitative estimate of drug-likeness (QED) is 0.744. The molecule has 0 aliphatic carbocycles. The lowest BCUT2D eigenvalue weighted by molar-refractivity contribution is -0.119. The number of nitrogens with one attached hydrogen (secondary N) is 2. The minimum atomic E-state index is 0. The summed E-state index contributed by atoms with van der Waals surface area (Å²) in [5.74, 6) is 1.26. The van der Waals surface area contributed by atoms with Gasteiger partial charge in [0.25, 0.3) is 0 Å². The summed E-state index contributed by atoms with van der Waals surface area (Å²) in [4.78, 5) is 12.9. The van der Waals surface area contributed by atoms with E-state index >= 15 is 0 Å². The SMILES string of the molecule is CC1CCNCC1NC(=O)CSc1ccc(O)cc1.Cl. The first kappa shape index (κ1) is 17.1. The Bertz CT molecular complexity index is 428. The van der Waals surface area contributed by atoms with Crippen molar-refractivity contribution in [2.45, 2.75) is 24.3 Å². The molecule has 2 atom stereocenters. The summed E-state index contributed by atoms with van der Waals surface area (Å²) in [6.07, 6.45) is 1.11. The maximum Gasteiger partial charge on any atom is 0.230 e. The van der Waals surface area contributed by atoms with E-state index in [9.17, 15) is 9.90 Å². The van der Waals surface area contributed by atoms with Crippen molar-refractivity contribution in [3.05, 3.63) is 24.3 Å². The molecule has 1 saturated heterocycles. The maximum absolute atomic E-state index is 11.9. The van der Waals surface area contributed by atoms with Crippen molar-refractivity contribution >= 4 is 30.1 Å². The summed E-state index contributed by atoms with van der Waals surface area (Å²) in [6, 6.07) is 7.14. The van der Waals surface area contributed by atoms with Gasteiger partial charge < -0.3 is 15.7 Å². The summed E-state index contributed by atoms with van der Waals surface area (Å²) < 4.78 is 0. The Labute approximate surface area is 130 Å². The lowest BCUT2D eigenvalue weighted by Gasteiger charge is -2.30. The van der Waals surface area contributed by atoms with E-state index in [1.807, 2.05) is 12.1 Å². The molecule has 112 valence electrons. The van der Waals surface area contributed by atoms with Crippen LogP contribution >= 0.6 is 24.2 Å². The second-order valence-corrected chi connectivity index (χ2v) is 5.98. The first-order valence-corrected chi connectivity index (χ1v) is 7.55. The number of aromatic hydroxyl groups is 1. The third-order valence-electron chi connectivity index (χ3n) is 3.38. The molecule has 20 heavy (non-hydrogen) atoms. The van der Waals surface area contributed by atoms with Crippen LogP contribution in [0.15, 0.2) is 29.2 Å². The van der Waals surface area contributed by atoms with Crippen LogP contribution in [0.25, 0.3) is 0 Å². The van der Waals surface area contributed by atoms with E-state index in [2.05, 4.69) is 17.6 Å². The Hall–Kier alpha value is -0.910. The van der Waals surface area contributed by atoms with Gasteiger partial charge in [0.1, 0.15) is 5.75 Å². The van der Waals surface area contributed by atoms with Crippen LogP contribution in [0.3, 0.4) is 0 Å². The fraction of sp³-hybridized carbons (Fsp3) is 0.500. The van der Waals surface area contributed by atoms with Crippen molar-refractivity contribution in [1.82, 2.24) is 10.6 Å². The predicted octanol–water partition coefficient (Wildman–Crippen LogP) is 2.02. The van der Waals surface area contributed by atoms with Crippen LogP contribution in [0, 0.1) is 5.92 Å². The Kier molecular flexibility index (Phi) is 7.19. The average molecular weight is 317 g/mol. The largest absolute Gasteiger partial charge is 0.508 e. The molecule has 1 aromatic rings. The number of benzene rings is 1. The van der Waals surface area contributed by atoms with Gasteiger partial charge in [0.15, 0.2) is 0 Å². The second kappa shape index (κ2) is 8.39. The van der Waals surface area contributed by atoms with Crippen LogP contribution in [-0.2, 0) is 4.79 Å². The number of halogens is 1. The number of amides is 1.